The third-order valence-electron chi connectivity index (χ3n) is 4.81. The summed E-state index contributed by atoms with van der Waals surface area (Å²) >= 11 is 0. The van der Waals surface area contributed by atoms with Crippen molar-refractivity contribution < 1.29 is 37.0 Å². The molecule has 0 aliphatic carbocycles. The van der Waals surface area contributed by atoms with Gasteiger partial charge in [-0.05, 0) is 35.9 Å². The van der Waals surface area contributed by atoms with E-state index in [1.165, 1.54) is 18.2 Å². The second kappa shape index (κ2) is 13.1. The van der Waals surface area contributed by atoms with E-state index in [1.807, 2.05) is 30.3 Å². The van der Waals surface area contributed by atoms with Gasteiger partial charge in [0.1, 0.15) is 13.2 Å². The topological polar surface area (TPSA) is 85.9 Å². The van der Waals surface area contributed by atoms with Gasteiger partial charge in [-0.2, -0.15) is 13.2 Å². The predicted octanol–water partition coefficient (Wildman–Crippen LogP) is 5.55. The van der Waals surface area contributed by atoms with Gasteiger partial charge in [-0.15, -0.1) is 0 Å². The minimum atomic E-state index is -4.48. The van der Waals surface area contributed by atoms with Gasteiger partial charge in [0, 0.05) is 12.2 Å². The maximum atomic E-state index is 13.0. The van der Waals surface area contributed by atoms with Crippen molar-refractivity contribution in [3.63, 3.8) is 0 Å². The maximum absolute atomic E-state index is 13.0. The third kappa shape index (κ3) is 8.62. The van der Waals surface area contributed by atoms with Crippen molar-refractivity contribution in [3.05, 3.63) is 95.6 Å². The quantitative estimate of drug-likeness (QED) is 0.264. The number of hydrogen-bond donors (Lipinski definition) is 2. The number of carbonyl (C=O) groups is 2. The SMILES string of the molecule is O=C(NCCOCCOC(=O)c1ccccc1Nc1cccc(C(F)(F)F)c1)OCc1ccccc1. The molecule has 3 rings (SSSR count). The fraction of sp³-hybridized carbons (Fsp3) is 0.231. The van der Waals surface area contributed by atoms with Crippen LogP contribution in [-0.4, -0.2) is 38.4 Å². The summed E-state index contributed by atoms with van der Waals surface area (Å²) in [5.41, 5.74) is 0.725. The van der Waals surface area contributed by atoms with Gasteiger partial charge in [-0.25, -0.2) is 9.59 Å². The van der Waals surface area contributed by atoms with Crippen molar-refractivity contribution in [2.45, 2.75) is 12.8 Å². The number of anilines is 2. The number of ether oxygens (including phenoxy) is 3. The molecule has 0 radical (unpaired) electrons. The molecule has 36 heavy (non-hydrogen) atoms. The molecule has 0 aromatic heterocycles. The molecule has 0 aliphatic rings. The first kappa shape index (κ1) is 26.6. The van der Waals surface area contributed by atoms with Crippen LogP contribution in [0.2, 0.25) is 0 Å². The highest BCUT2D eigenvalue weighted by atomic mass is 19.4. The molecule has 190 valence electrons. The first-order chi connectivity index (χ1) is 17.3. The Morgan fingerprint density at radius 2 is 1.56 bits per heavy atom. The number of carbonyl (C=O) groups excluding carboxylic acids is 2. The van der Waals surface area contributed by atoms with Crippen LogP contribution in [-0.2, 0) is 27.0 Å². The van der Waals surface area contributed by atoms with Gasteiger partial charge in [0.25, 0.3) is 0 Å². The molecule has 0 saturated carbocycles. The van der Waals surface area contributed by atoms with Crippen LogP contribution >= 0.6 is 0 Å². The number of nitrogens with one attached hydrogen (secondary N) is 2. The second-order valence-electron chi connectivity index (χ2n) is 7.49. The van der Waals surface area contributed by atoms with Crippen LogP contribution in [0.5, 0.6) is 0 Å². The number of halogens is 3. The van der Waals surface area contributed by atoms with E-state index in [1.54, 1.807) is 18.2 Å². The molecule has 0 aliphatic heterocycles. The van der Waals surface area contributed by atoms with Gasteiger partial charge in [0.05, 0.1) is 30.0 Å². The van der Waals surface area contributed by atoms with E-state index >= 15 is 0 Å². The molecule has 0 saturated heterocycles. The number of alkyl carbamates (subject to hydrolysis) is 1. The summed E-state index contributed by atoms with van der Waals surface area (Å²) < 4.78 is 54.5. The fourth-order valence-corrected chi connectivity index (χ4v) is 3.07. The minimum Gasteiger partial charge on any atom is -0.460 e. The van der Waals surface area contributed by atoms with Crippen LogP contribution in [0.15, 0.2) is 78.9 Å². The van der Waals surface area contributed by atoms with Crippen molar-refractivity contribution in [1.29, 1.82) is 0 Å². The van der Waals surface area contributed by atoms with E-state index in [0.29, 0.717) is 5.69 Å². The molecule has 0 atom stereocenters. The van der Waals surface area contributed by atoms with E-state index < -0.39 is 23.8 Å². The van der Waals surface area contributed by atoms with E-state index in [-0.39, 0.29) is 44.2 Å². The Morgan fingerprint density at radius 1 is 0.806 bits per heavy atom. The first-order valence-electron chi connectivity index (χ1n) is 11.1. The van der Waals surface area contributed by atoms with E-state index in [0.717, 1.165) is 17.7 Å². The molecule has 7 nitrogen and oxygen atoms in total. The molecule has 10 heteroatoms. The lowest BCUT2D eigenvalue weighted by Gasteiger charge is -2.13. The van der Waals surface area contributed by atoms with Crippen LogP contribution in [0.4, 0.5) is 29.3 Å². The molecule has 1 amide bonds. The Hall–Kier alpha value is -4.05. The van der Waals surface area contributed by atoms with Crippen LogP contribution in [0.1, 0.15) is 21.5 Å². The lowest BCUT2D eigenvalue weighted by molar-refractivity contribution is -0.137. The number of benzene rings is 3. The molecule has 0 unspecified atom stereocenters. The number of esters is 1. The normalized spacial score (nSPS) is 11.0. The zero-order valence-corrected chi connectivity index (χ0v) is 19.2. The Bertz CT molecular complexity index is 1140. The number of rotatable bonds is 11. The van der Waals surface area contributed by atoms with Gasteiger partial charge in [-0.3, -0.25) is 0 Å². The van der Waals surface area contributed by atoms with E-state index in [2.05, 4.69) is 10.6 Å². The predicted molar refractivity (Wildman–Crippen MR) is 127 cm³/mol. The number of alkyl halides is 3. The number of amides is 1. The lowest BCUT2D eigenvalue weighted by atomic mass is 10.1. The van der Waals surface area contributed by atoms with Gasteiger partial charge >= 0.3 is 18.2 Å². The minimum absolute atomic E-state index is 0.0464. The average Bonchev–Trinajstić information content (AvgIpc) is 2.87. The van der Waals surface area contributed by atoms with Crippen molar-refractivity contribution >= 4 is 23.4 Å². The van der Waals surface area contributed by atoms with Crippen molar-refractivity contribution in [2.75, 3.05) is 31.7 Å². The summed E-state index contributed by atoms with van der Waals surface area (Å²) in [5, 5.41) is 5.38. The van der Waals surface area contributed by atoms with Crippen molar-refractivity contribution in [2.24, 2.45) is 0 Å². The van der Waals surface area contributed by atoms with Gasteiger partial charge in [-0.1, -0.05) is 48.5 Å². The summed E-state index contributed by atoms with van der Waals surface area (Å²) in [6.45, 7) is 0.607. The zero-order valence-electron chi connectivity index (χ0n) is 19.2. The average molecular weight is 502 g/mol. The molecule has 0 heterocycles. The second-order valence-corrected chi connectivity index (χ2v) is 7.49. The smallest absolute Gasteiger partial charge is 0.416 e. The van der Waals surface area contributed by atoms with Crippen LogP contribution in [0.3, 0.4) is 0 Å². The Kier molecular flexibility index (Phi) is 9.70. The Labute approximate surface area is 206 Å². The zero-order chi connectivity index (χ0) is 25.8. The molecule has 3 aromatic carbocycles. The number of hydrogen-bond acceptors (Lipinski definition) is 6. The molecule has 3 aromatic rings. The Balaban J connectivity index is 1.37. The molecule has 0 spiro atoms. The van der Waals surface area contributed by atoms with E-state index in [4.69, 9.17) is 14.2 Å². The van der Waals surface area contributed by atoms with Crippen LogP contribution in [0, 0.1) is 0 Å². The molecular formula is C26H25F3N2O5. The van der Waals surface area contributed by atoms with Crippen LogP contribution in [0.25, 0.3) is 0 Å². The summed E-state index contributed by atoms with van der Waals surface area (Å²) in [6, 6.07) is 20.3. The highest BCUT2D eigenvalue weighted by molar-refractivity contribution is 5.96. The first-order valence-corrected chi connectivity index (χ1v) is 11.1. The highest BCUT2D eigenvalue weighted by Crippen LogP contribution is 2.32. The van der Waals surface area contributed by atoms with Crippen molar-refractivity contribution in [1.82, 2.24) is 5.32 Å². The molecule has 2 N–H and O–H groups in total. The van der Waals surface area contributed by atoms with Crippen molar-refractivity contribution in [3.8, 4) is 0 Å². The molecular weight excluding hydrogens is 477 g/mol. The third-order valence-corrected chi connectivity index (χ3v) is 4.81. The fourth-order valence-electron chi connectivity index (χ4n) is 3.07. The summed E-state index contributed by atoms with van der Waals surface area (Å²) in [4.78, 5) is 24.1. The largest absolute Gasteiger partial charge is 0.460 e. The van der Waals surface area contributed by atoms with Gasteiger partial charge in [0.2, 0.25) is 0 Å². The monoisotopic (exact) mass is 502 g/mol. The standard InChI is InChI=1S/C26H25F3N2O5/c27-26(28,29)20-9-6-10-21(17-20)31-23-12-5-4-11-22(23)24(32)35-16-15-34-14-13-30-25(33)36-18-19-7-2-1-3-8-19/h1-12,17,31H,13-16,18H2,(H,30,33). The van der Waals surface area contributed by atoms with E-state index in [9.17, 15) is 22.8 Å². The van der Waals surface area contributed by atoms with Gasteiger partial charge < -0.3 is 24.8 Å². The summed E-state index contributed by atoms with van der Waals surface area (Å²) in [5.74, 6) is -0.656. The summed E-state index contributed by atoms with van der Waals surface area (Å²) in [7, 11) is 0. The highest BCUT2D eigenvalue weighted by Gasteiger charge is 2.30. The van der Waals surface area contributed by atoms with Crippen LogP contribution < -0.4 is 10.6 Å². The number of para-hydroxylation sites is 1. The maximum Gasteiger partial charge on any atom is 0.416 e. The summed E-state index contributed by atoms with van der Waals surface area (Å²) in [6.07, 6.45) is -5.05. The Morgan fingerprint density at radius 3 is 2.33 bits per heavy atom. The molecule has 0 fully saturated rings. The van der Waals surface area contributed by atoms with Gasteiger partial charge in [0.15, 0.2) is 0 Å². The lowest BCUT2D eigenvalue weighted by Crippen LogP contribution is -2.28. The molecule has 0 bridgehead atoms.